The van der Waals surface area contributed by atoms with Gasteiger partial charge in [-0.05, 0) is 23.8 Å². The maximum absolute atomic E-state index is 13.2. The lowest BCUT2D eigenvalue weighted by atomic mass is 10.2. The third-order valence-electron chi connectivity index (χ3n) is 3.08. The summed E-state index contributed by atoms with van der Waals surface area (Å²) in [4.78, 5) is 3.72. The molecule has 5 nitrogen and oxygen atoms in total. The van der Waals surface area contributed by atoms with Crippen LogP contribution in [0.25, 0.3) is 0 Å². The van der Waals surface area contributed by atoms with Crippen molar-refractivity contribution >= 4 is 10.0 Å². The Balaban J connectivity index is 2.34. The molecule has 1 aromatic carbocycles. The molecule has 0 aliphatic carbocycles. The summed E-state index contributed by atoms with van der Waals surface area (Å²) < 4.78 is 39.6. The summed E-state index contributed by atoms with van der Waals surface area (Å²) in [6.07, 6.45) is 2.49. The molecule has 7 heteroatoms. The quantitative estimate of drug-likeness (QED) is 0.847. The highest BCUT2D eigenvalue weighted by Gasteiger charge is 2.24. The fraction of sp³-hybridized carbons (Fsp3) is 0.200. The maximum atomic E-state index is 13.2. The lowest BCUT2D eigenvalue weighted by molar-refractivity contribution is 0.422. The normalized spacial score (nSPS) is 11.4. The summed E-state index contributed by atoms with van der Waals surface area (Å²) >= 11 is 0. The topological polar surface area (TPSA) is 74.1 Å². The largest absolute Gasteiger partial charge is 0.262 e. The van der Waals surface area contributed by atoms with Gasteiger partial charge in [-0.25, -0.2) is 12.8 Å². The van der Waals surface area contributed by atoms with Gasteiger partial charge in [-0.3, -0.25) is 4.98 Å². The van der Waals surface area contributed by atoms with Crippen LogP contribution in [0.4, 0.5) is 4.39 Å². The first-order valence-corrected chi connectivity index (χ1v) is 8.01. The molecule has 0 radical (unpaired) electrons. The van der Waals surface area contributed by atoms with Crippen LogP contribution in [0.3, 0.4) is 0 Å². The molecule has 0 N–H and O–H groups in total. The van der Waals surface area contributed by atoms with E-state index in [-0.39, 0.29) is 23.5 Å². The molecular formula is C15H14FN3O2S. The Morgan fingerprint density at radius 3 is 2.73 bits per heavy atom. The zero-order valence-electron chi connectivity index (χ0n) is 11.9. The summed E-state index contributed by atoms with van der Waals surface area (Å²) in [6.45, 7) is 1.96. The number of aromatic nitrogens is 1. The van der Waals surface area contributed by atoms with E-state index < -0.39 is 15.8 Å². The van der Waals surface area contributed by atoms with E-state index in [4.69, 9.17) is 5.26 Å². The smallest absolute Gasteiger partial charge is 0.244 e. The molecule has 2 rings (SSSR count). The molecule has 2 aromatic rings. The van der Waals surface area contributed by atoms with Crippen LogP contribution in [0.5, 0.6) is 0 Å². The Kier molecular flexibility index (Phi) is 4.85. The third-order valence-corrected chi connectivity index (χ3v) is 4.97. The Labute approximate surface area is 128 Å². The molecule has 0 amide bonds. The van der Waals surface area contributed by atoms with E-state index in [1.165, 1.54) is 41.0 Å². The van der Waals surface area contributed by atoms with Gasteiger partial charge in [-0.1, -0.05) is 19.1 Å². The molecule has 0 saturated carbocycles. The Hall–Kier alpha value is -2.30. The van der Waals surface area contributed by atoms with Crippen LogP contribution in [-0.4, -0.2) is 24.3 Å². The minimum absolute atomic E-state index is 0.0490. The van der Waals surface area contributed by atoms with Gasteiger partial charge in [0, 0.05) is 25.5 Å². The van der Waals surface area contributed by atoms with Crippen molar-refractivity contribution in [3.05, 3.63) is 59.7 Å². The van der Waals surface area contributed by atoms with E-state index in [1.54, 1.807) is 13.0 Å². The van der Waals surface area contributed by atoms with Gasteiger partial charge in [0.25, 0.3) is 0 Å². The van der Waals surface area contributed by atoms with Crippen LogP contribution in [-0.2, 0) is 16.6 Å². The first kappa shape index (κ1) is 16.1. The van der Waals surface area contributed by atoms with Gasteiger partial charge >= 0.3 is 0 Å². The van der Waals surface area contributed by atoms with Crippen molar-refractivity contribution in [3.63, 3.8) is 0 Å². The molecule has 1 heterocycles. The van der Waals surface area contributed by atoms with Crippen molar-refractivity contribution < 1.29 is 12.8 Å². The molecule has 0 saturated heterocycles. The lowest BCUT2D eigenvalue weighted by Gasteiger charge is -2.20. The van der Waals surface area contributed by atoms with Crippen LogP contribution in [0.1, 0.15) is 18.1 Å². The van der Waals surface area contributed by atoms with E-state index in [0.29, 0.717) is 5.56 Å². The number of halogens is 1. The summed E-state index contributed by atoms with van der Waals surface area (Å²) in [5.74, 6) is -0.418. The van der Waals surface area contributed by atoms with Crippen LogP contribution in [0.2, 0.25) is 0 Å². The number of benzene rings is 1. The highest BCUT2D eigenvalue weighted by atomic mass is 32.2. The molecule has 1 aromatic heterocycles. The molecule has 114 valence electrons. The summed E-state index contributed by atoms with van der Waals surface area (Å²) in [7, 11) is -3.80. The van der Waals surface area contributed by atoms with Crippen molar-refractivity contribution in [2.24, 2.45) is 0 Å². The first-order chi connectivity index (χ1) is 10.5. The van der Waals surface area contributed by atoms with Gasteiger partial charge in [-0.15, -0.1) is 0 Å². The highest BCUT2D eigenvalue weighted by molar-refractivity contribution is 7.89. The standard InChI is InChI=1S/C15H14FN3O2S/c1-2-19(11-12-4-3-5-14(16)6-12)22(20,21)15-7-13(8-17)9-18-10-15/h3-7,9-10H,2,11H2,1H3. The second-order valence-corrected chi connectivity index (χ2v) is 6.52. The van der Waals surface area contributed by atoms with Crippen molar-refractivity contribution in [3.8, 4) is 6.07 Å². The van der Waals surface area contributed by atoms with Crippen molar-refractivity contribution in [1.29, 1.82) is 5.26 Å². The Morgan fingerprint density at radius 1 is 1.32 bits per heavy atom. The van der Waals surface area contributed by atoms with Gasteiger partial charge in [0.1, 0.15) is 16.8 Å². The average Bonchev–Trinajstić information content (AvgIpc) is 2.52. The second-order valence-electron chi connectivity index (χ2n) is 4.58. The third kappa shape index (κ3) is 3.47. The predicted octanol–water partition coefficient (Wildman–Crippen LogP) is 2.30. The molecule has 0 aliphatic rings. The summed E-state index contributed by atoms with van der Waals surface area (Å²) in [6, 6.07) is 8.92. The van der Waals surface area contributed by atoms with Crippen LogP contribution in [0, 0.1) is 17.1 Å². The first-order valence-electron chi connectivity index (χ1n) is 6.57. The molecule has 0 atom stereocenters. The molecule has 0 aliphatic heterocycles. The van der Waals surface area contributed by atoms with Crippen molar-refractivity contribution in [2.75, 3.05) is 6.54 Å². The van der Waals surface area contributed by atoms with E-state index in [9.17, 15) is 12.8 Å². The molecule has 0 spiro atoms. The molecule has 0 unspecified atom stereocenters. The molecular weight excluding hydrogens is 305 g/mol. The van der Waals surface area contributed by atoms with Crippen molar-refractivity contribution in [1.82, 2.24) is 9.29 Å². The van der Waals surface area contributed by atoms with Gasteiger partial charge in [-0.2, -0.15) is 9.57 Å². The van der Waals surface area contributed by atoms with Gasteiger partial charge in [0.05, 0.1) is 5.56 Å². The zero-order valence-corrected chi connectivity index (χ0v) is 12.7. The minimum atomic E-state index is -3.80. The number of rotatable bonds is 5. The van der Waals surface area contributed by atoms with E-state index in [0.717, 1.165) is 0 Å². The van der Waals surface area contributed by atoms with E-state index in [2.05, 4.69) is 4.98 Å². The second kappa shape index (κ2) is 6.64. The lowest BCUT2D eigenvalue weighted by Crippen LogP contribution is -2.30. The SMILES string of the molecule is CCN(Cc1cccc(F)c1)S(=O)(=O)c1cncc(C#N)c1. The molecule has 22 heavy (non-hydrogen) atoms. The highest BCUT2D eigenvalue weighted by Crippen LogP contribution is 2.18. The van der Waals surface area contributed by atoms with Gasteiger partial charge in [0.2, 0.25) is 10.0 Å². The number of sulfonamides is 1. The van der Waals surface area contributed by atoms with Gasteiger partial charge < -0.3 is 0 Å². The minimum Gasteiger partial charge on any atom is -0.262 e. The van der Waals surface area contributed by atoms with Crippen molar-refractivity contribution in [2.45, 2.75) is 18.4 Å². The molecule has 0 fully saturated rings. The Morgan fingerprint density at radius 2 is 2.09 bits per heavy atom. The van der Waals surface area contributed by atoms with Crippen LogP contribution < -0.4 is 0 Å². The monoisotopic (exact) mass is 319 g/mol. The van der Waals surface area contributed by atoms with Crippen LogP contribution in [0.15, 0.2) is 47.6 Å². The fourth-order valence-corrected chi connectivity index (χ4v) is 3.40. The maximum Gasteiger partial charge on any atom is 0.244 e. The summed E-state index contributed by atoms with van der Waals surface area (Å²) in [5, 5.41) is 8.85. The predicted molar refractivity (Wildman–Crippen MR) is 78.6 cm³/mol. The number of nitriles is 1. The number of pyridine rings is 1. The number of hydrogen-bond donors (Lipinski definition) is 0. The zero-order chi connectivity index (χ0) is 16.2. The van der Waals surface area contributed by atoms with Crippen LogP contribution >= 0.6 is 0 Å². The van der Waals surface area contributed by atoms with E-state index >= 15 is 0 Å². The number of hydrogen-bond acceptors (Lipinski definition) is 4. The Bertz CT molecular complexity index is 816. The fourth-order valence-electron chi connectivity index (χ4n) is 1.98. The van der Waals surface area contributed by atoms with Gasteiger partial charge in [0.15, 0.2) is 0 Å². The average molecular weight is 319 g/mol. The van der Waals surface area contributed by atoms with E-state index in [1.807, 2.05) is 6.07 Å². The molecule has 0 bridgehead atoms. The number of nitrogens with zero attached hydrogens (tertiary/aromatic N) is 3. The summed E-state index contributed by atoms with van der Waals surface area (Å²) in [5.41, 5.74) is 0.720.